The first-order valence-electron chi connectivity index (χ1n) is 8.97. The van der Waals surface area contributed by atoms with E-state index in [1.54, 1.807) is 0 Å². The van der Waals surface area contributed by atoms with Crippen LogP contribution in [0, 0.1) is 5.41 Å². The van der Waals surface area contributed by atoms with Crippen molar-refractivity contribution >= 4 is 28.9 Å². The number of benzene rings is 1. The first-order chi connectivity index (χ1) is 12.4. The summed E-state index contributed by atoms with van der Waals surface area (Å²) in [5, 5.41) is 14.1. The lowest BCUT2D eigenvalue weighted by Gasteiger charge is -2.47. The Labute approximate surface area is 158 Å². The summed E-state index contributed by atoms with van der Waals surface area (Å²) in [5.74, 6) is -0.502. The van der Waals surface area contributed by atoms with Gasteiger partial charge < -0.3 is 26.5 Å². The zero-order valence-electron chi connectivity index (χ0n) is 14.9. The Hall–Kier alpha value is -1.89. The highest BCUT2D eigenvalue weighted by atomic mass is 35.5. The first kappa shape index (κ1) is 18.9. The van der Waals surface area contributed by atoms with E-state index < -0.39 is 5.91 Å². The van der Waals surface area contributed by atoms with Gasteiger partial charge in [0.1, 0.15) is 11.3 Å². The van der Waals surface area contributed by atoms with E-state index in [1.807, 2.05) is 31.2 Å². The third-order valence-electron chi connectivity index (χ3n) is 5.05. The van der Waals surface area contributed by atoms with Gasteiger partial charge in [0.05, 0.1) is 17.4 Å². The third kappa shape index (κ3) is 3.77. The maximum absolute atomic E-state index is 12.3. The van der Waals surface area contributed by atoms with Crippen molar-refractivity contribution in [2.75, 3.05) is 18.5 Å². The molecule has 3 aliphatic heterocycles. The van der Waals surface area contributed by atoms with Crippen LogP contribution < -0.4 is 16.4 Å². The highest BCUT2D eigenvalue weighted by Crippen LogP contribution is 2.38. The predicted octanol–water partition coefficient (Wildman–Crippen LogP) is 2.83. The molecule has 3 saturated heterocycles. The third-order valence-corrected chi connectivity index (χ3v) is 5.48. The molecule has 3 fully saturated rings. The Morgan fingerprint density at radius 3 is 2.73 bits per heavy atom. The van der Waals surface area contributed by atoms with Crippen molar-refractivity contribution in [3.8, 4) is 0 Å². The zero-order valence-corrected chi connectivity index (χ0v) is 15.7. The average molecular weight is 377 g/mol. The van der Waals surface area contributed by atoms with Crippen LogP contribution in [0.25, 0.3) is 0 Å². The molecule has 0 aromatic heterocycles. The lowest BCUT2D eigenvalue weighted by Crippen LogP contribution is -2.57. The molecule has 0 radical (unpaired) electrons. The van der Waals surface area contributed by atoms with Crippen LogP contribution in [0.5, 0.6) is 0 Å². The molecule has 140 valence electrons. The minimum atomic E-state index is -0.502. The monoisotopic (exact) mass is 376 g/mol. The molecular weight excluding hydrogens is 352 g/mol. The number of ether oxygens (including phenoxy) is 1. The molecule has 2 bridgehead atoms. The van der Waals surface area contributed by atoms with Gasteiger partial charge in [-0.3, -0.25) is 4.79 Å². The largest absolute Gasteiger partial charge is 0.393 e. The van der Waals surface area contributed by atoms with Crippen molar-refractivity contribution in [1.82, 2.24) is 5.32 Å². The average Bonchev–Trinajstić information content (AvgIpc) is 2.69. The maximum Gasteiger partial charge on any atom is 0.273 e. The molecule has 0 aliphatic carbocycles. The Bertz CT molecular complexity index is 708. The summed E-state index contributed by atoms with van der Waals surface area (Å²) in [4.78, 5) is 12.3. The summed E-state index contributed by atoms with van der Waals surface area (Å²) in [6, 6.07) is 8.10. The molecule has 2 unspecified atom stereocenters. The van der Waals surface area contributed by atoms with Gasteiger partial charge in [-0.1, -0.05) is 37.1 Å². The van der Waals surface area contributed by atoms with Crippen molar-refractivity contribution in [3.05, 3.63) is 40.6 Å². The number of nitrogens with one attached hydrogen (secondary N) is 3. The number of rotatable bonds is 6. The van der Waals surface area contributed by atoms with Crippen molar-refractivity contribution in [2.24, 2.45) is 5.73 Å². The van der Waals surface area contributed by atoms with Crippen LogP contribution in [0.4, 0.5) is 5.69 Å². The van der Waals surface area contributed by atoms with Gasteiger partial charge in [-0.2, -0.15) is 0 Å². The van der Waals surface area contributed by atoms with Gasteiger partial charge in [0.15, 0.2) is 0 Å². The number of piperidine rings is 1. The van der Waals surface area contributed by atoms with Crippen LogP contribution in [0.2, 0.25) is 0 Å². The van der Waals surface area contributed by atoms with Crippen LogP contribution in [-0.2, 0) is 15.1 Å². The van der Waals surface area contributed by atoms with Crippen molar-refractivity contribution in [1.29, 1.82) is 5.41 Å². The highest BCUT2D eigenvalue weighted by molar-refractivity contribution is 6.45. The Morgan fingerprint density at radius 2 is 2.19 bits per heavy atom. The van der Waals surface area contributed by atoms with E-state index in [9.17, 15) is 4.79 Å². The van der Waals surface area contributed by atoms with Gasteiger partial charge in [-0.25, -0.2) is 0 Å². The number of fused-ring (bicyclic) bond motifs is 3. The number of nitrogens with two attached hydrogens (primary N) is 1. The molecule has 6 nitrogen and oxygen atoms in total. The van der Waals surface area contributed by atoms with Gasteiger partial charge in [-0.05, 0) is 37.0 Å². The summed E-state index contributed by atoms with van der Waals surface area (Å²) in [6.45, 7) is 3.49. The van der Waals surface area contributed by atoms with Gasteiger partial charge in [0.25, 0.3) is 5.91 Å². The number of amides is 1. The van der Waals surface area contributed by atoms with Crippen LogP contribution >= 0.6 is 11.6 Å². The normalized spacial score (nSPS) is 25.5. The molecule has 1 aromatic rings. The number of hydrogen-bond acceptors (Lipinski definition) is 5. The Balaban J connectivity index is 1.68. The molecule has 0 spiro atoms. The van der Waals surface area contributed by atoms with E-state index in [2.05, 4.69) is 10.6 Å². The molecule has 5 N–H and O–H groups in total. The molecule has 1 aromatic carbocycles. The minimum absolute atomic E-state index is 0.0123. The van der Waals surface area contributed by atoms with E-state index in [0.29, 0.717) is 18.2 Å². The maximum atomic E-state index is 12.3. The molecule has 7 heteroatoms. The molecule has 1 amide bonds. The standard InChI is InChI=1S/C19H25ClN4O2/c1-2-3-15(21)16(20)17(22)18(25)24-13-6-4-12(5-7-13)19-9-8-14(10-26-19)23-11-19/h4-7,14,21,23H,2-3,8-11,22H2,1H3,(H,24,25)/b17-16+,21-15?. The van der Waals surface area contributed by atoms with E-state index in [1.165, 1.54) is 0 Å². The molecule has 3 aliphatic rings. The lowest BCUT2D eigenvalue weighted by atomic mass is 9.81. The highest BCUT2D eigenvalue weighted by Gasteiger charge is 2.42. The first-order valence-corrected chi connectivity index (χ1v) is 9.35. The molecule has 3 heterocycles. The molecule has 2 atom stereocenters. The second-order valence-corrected chi connectivity index (χ2v) is 7.29. The summed E-state index contributed by atoms with van der Waals surface area (Å²) < 4.78 is 6.07. The van der Waals surface area contributed by atoms with Crippen LogP contribution in [0.1, 0.15) is 38.2 Å². The lowest BCUT2D eigenvalue weighted by molar-refractivity contribution is -0.129. The van der Waals surface area contributed by atoms with Crippen LogP contribution in [-0.4, -0.2) is 30.8 Å². The van der Waals surface area contributed by atoms with Crippen molar-refractivity contribution in [3.63, 3.8) is 0 Å². The van der Waals surface area contributed by atoms with E-state index in [0.717, 1.165) is 38.0 Å². The Kier molecular flexibility index (Phi) is 5.65. The second kappa shape index (κ2) is 7.78. The summed E-state index contributed by atoms with van der Waals surface area (Å²) in [7, 11) is 0. The Morgan fingerprint density at radius 1 is 1.46 bits per heavy atom. The van der Waals surface area contributed by atoms with Crippen molar-refractivity contribution < 1.29 is 9.53 Å². The number of allylic oxidation sites excluding steroid dienone is 1. The van der Waals surface area contributed by atoms with E-state index in [4.69, 9.17) is 27.5 Å². The van der Waals surface area contributed by atoms with Crippen molar-refractivity contribution in [2.45, 2.75) is 44.2 Å². The SMILES string of the molecule is CCCC(=N)/C(Cl)=C(\N)C(=O)Nc1ccc(C23CCC(CO2)NC3)cc1. The number of anilines is 1. The van der Waals surface area contributed by atoms with E-state index in [-0.39, 0.29) is 22.0 Å². The molecule has 0 saturated carbocycles. The fraction of sp³-hybridized carbons (Fsp3) is 0.474. The van der Waals surface area contributed by atoms with Gasteiger partial charge in [0.2, 0.25) is 0 Å². The minimum Gasteiger partial charge on any atom is -0.393 e. The smallest absolute Gasteiger partial charge is 0.273 e. The number of morpholine rings is 1. The fourth-order valence-corrected chi connectivity index (χ4v) is 3.62. The summed E-state index contributed by atoms with van der Waals surface area (Å²) >= 11 is 6.04. The van der Waals surface area contributed by atoms with Gasteiger partial charge in [-0.15, -0.1) is 0 Å². The zero-order chi connectivity index (χ0) is 18.7. The quantitative estimate of drug-likeness (QED) is 0.453. The molecule has 26 heavy (non-hydrogen) atoms. The van der Waals surface area contributed by atoms with Gasteiger partial charge in [0, 0.05) is 18.3 Å². The topological polar surface area (TPSA) is 100 Å². The summed E-state index contributed by atoms with van der Waals surface area (Å²) in [6.07, 6.45) is 3.37. The number of carbonyl (C=O) groups excluding carboxylic acids is 1. The fourth-order valence-electron chi connectivity index (χ4n) is 3.44. The molecular formula is C19H25ClN4O2. The number of carbonyl (C=O) groups is 1. The summed E-state index contributed by atoms with van der Waals surface area (Å²) in [5.41, 5.74) is 7.30. The number of halogens is 1. The number of hydrogen-bond donors (Lipinski definition) is 4. The molecule has 4 rings (SSSR count). The van der Waals surface area contributed by atoms with E-state index >= 15 is 0 Å². The second-order valence-electron chi connectivity index (χ2n) is 6.91. The predicted molar refractivity (Wildman–Crippen MR) is 103 cm³/mol. The van der Waals surface area contributed by atoms with Crippen LogP contribution in [0.3, 0.4) is 0 Å². The van der Waals surface area contributed by atoms with Gasteiger partial charge >= 0.3 is 0 Å². The van der Waals surface area contributed by atoms with Crippen LogP contribution in [0.15, 0.2) is 35.0 Å².